The predicted octanol–water partition coefficient (Wildman–Crippen LogP) is 2.18. The van der Waals surface area contributed by atoms with Crippen molar-refractivity contribution in [2.45, 2.75) is 19.4 Å². The number of amides is 2. The molecule has 2 amide bonds. The van der Waals surface area contributed by atoms with Crippen LogP contribution in [0.4, 0.5) is 15.1 Å². The molecule has 2 aliphatic rings. The molecule has 32 heavy (non-hydrogen) atoms. The Kier molecular flexibility index (Phi) is 5.21. The number of halogens is 1. The first-order valence-corrected chi connectivity index (χ1v) is 10.4. The second kappa shape index (κ2) is 8.33. The van der Waals surface area contributed by atoms with Gasteiger partial charge in [0.15, 0.2) is 11.6 Å². The molecule has 164 valence electrons. The normalized spacial score (nSPS) is 18.4. The molecule has 5 rings (SSSR count). The standard InChI is InChI=1S/C21H22FN9O/c1-15-24-14-30(27-15)19-17(22)13-23-20(26-19)28-9-11-29(12-10-28)21(32)31-18(7-8-25-31)16-5-3-2-4-6-16/h2-6,8,13-14,18H,7,9-12H2,1H3. The number of piperazine rings is 1. The molecule has 0 aliphatic carbocycles. The molecular weight excluding hydrogens is 413 g/mol. The Labute approximate surface area is 184 Å². The Morgan fingerprint density at radius 1 is 1.09 bits per heavy atom. The molecule has 1 aromatic carbocycles. The molecule has 0 saturated carbocycles. The summed E-state index contributed by atoms with van der Waals surface area (Å²) < 4.78 is 15.5. The molecule has 1 unspecified atom stereocenters. The quantitative estimate of drug-likeness (QED) is 0.626. The molecule has 2 aliphatic heterocycles. The van der Waals surface area contributed by atoms with Gasteiger partial charge in [-0.15, -0.1) is 0 Å². The fourth-order valence-corrected chi connectivity index (χ4v) is 3.90. The summed E-state index contributed by atoms with van der Waals surface area (Å²) in [6.45, 7) is 3.76. The van der Waals surface area contributed by atoms with Crippen molar-refractivity contribution in [2.24, 2.45) is 5.10 Å². The van der Waals surface area contributed by atoms with Crippen LogP contribution in [0, 0.1) is 12.7 Å². The number of carbonyl (C=O) groups is 1. The van der Waals surface area contributed by atoms with E-state index in [0.717, 1.165) is 11.8 Å². The molecule has 1 atom stereocenters. The molecule has 2 aromatic heterocycles. The van der Waals surface area contributed by atoms with Gasteiger partial charge in [-0.2, -0.15) is 19.9 Å². The molecule has 10 nitrogen and oxygen atoms in total. The monoisotopic (exact) mass is 435 g/mol. The second-order valence-electron chi connectivity index (χ2n) is 7.64. The number of nitrogens with zero attached hydrogens (tertiary/aromatic N) is 9. The number of hydrazone groups is 1. The molecule has 4 heterocycles. The number of rotatable bonds is 3. The zero-order chi connectivity index (χ0) is 22.1. The topological polar surface area (TPSA) is 95.6 Å². The lowest BCUT2D eigenvalue weighted by molar-refractivity contribution is 0.139. The van der Waals surface area contributed by atoms with Crippen molar-refractivity contribution in [3.05, 3.63) is 60.1 Å². The maximum Gasteiger partial charge on any atom is 0.341 e. The summed E-state index contributed by atoms with van der Waals surface area (Å²) in [6.07, 6.45) is 5.03. The molecule has 1 fully saturated rings. The van der Waals surface area contributed by atoms with Crippen molar-refractivity contribution in [3.63, 3.8) is 0 Å². The summed E-state index contributed by atoms with van der Waals surface area (Å²) in [7, 11) is 0. The minimum absolute atomic E-state index is 0.0474. The van der Waals surface area contributed by atoms with E-state index in [1.807, 2.05) is 35.2 Å². The van der Waals surface area contributed by atoms with Crippen LogP contribution in [0.2, 0.25) is 0 Å². The summed E-state index contributed by atoms with van der Waals surface area (Å²) in [5.41, 5.74) is 1.06. The van der Waals surface area contributed by atoms with E-state index in [1.54, 1.807) is 23.0 Å². The summed E-state index contributed by atoms with van der Waals surface area (Å²) in [4.78, 5) is 29.3. The third-order valence-electron chi connectivity index (χ3n) is 5.58. The van der Waals surface area contributed by atoms with Crippen molar-refractivity contribution >= 4 is 18.2 Å². The van der Waals surface area contributed by atoms with E-state index in [4.69, 9.17) is 0 Å². The van der Waals surface area contributed by atoms with Crippen molar-refractivity contribution < 1.29 is 9.18 Å². The van der Waals surface area contributed by atoms with Gasteiger partial charge in [0, 0.05) is 38.8 Å². The van der Waals surface area contributed by atoms with Gasteiger partial charge in [0.1, 0.15) is 12.2 Å². The number of carbonyl (C=O) groups excluding carboxylic acids is 1. The van der Waals surface area contributed by atoms with Crippen LogP contribution >= 0.6 is 0 Å². The number of aromatic nitrogens is 5. The Hall–Kier alpha value is -3.89. The summed E-state index contributed by atoms with van der Waals surface area (Å²) in [5.74, 6) is 0.385. The third-order valence-corrected chi connectivity index (χ3v) is 5.58. The zero-order valence-corrected chi connectivity index (χ0v) is 17.5. The Morgan fingerprint density at radius 2 is 1.88 bits per heavy atom. The fraction of sp³-hybridized carbons (Fsp3) is 0.333. The zero-order valence-electron chi connectivity index (χ0n) is 17.5. The van der Waals surface area contributed by atoms with Crippen molar-refractivity contribution in [1.82, 2.24) is 34.6 Å². The Morgan fingerprint density at radius 3 is 2.59 bits per heavy atom. The number of hydrogen-bond acceptors (Lipinski definition) is 7. The number of benzene rings is 1. The van der Waals surface area contributed by atoms with E-state index in [9.17, 15) is 9.18 Å². The van der Waals surface area contributed by atoms with E-state index < -0.39 is 5.82 Å². The molecule has 11 heteroatoms. The van der Waals surface area contributed by atoms with Gasteiger partial charge in [-0.1, -0.05) is 30.3 Å². The van der Waals surface area contributed by atoms with Crippen LogP contribution in [0.3, 0.4) is 0 Å². The minimum atomic E-state index is -0.577. The first-order chi connectivity index (χ1) is 15.6. The number of anilines is 1. The van der Waals surface area contributed by atoms with E-state index in [2.05, 4.69) is 25.2 Å². The van der Waals surface area contributed by atoms with Gasteiger partial charge in [-0.3, -0.25) is 0 Å². The van der Waals surface area contributed by atoms with Crippen LogP contribution < -0.4 is 4.90 Å². The fourth-order valence-electron chi connectivity index (χ4n) is 3.90. The highest BCUT2D eigenvalue weighted by atomic mass is 19.1. The SMILES string of the molecule is Cc1ncn(-c2nc(N3CCN(C(=O)N4N=CCC4c4ccccc4)CC3)ncc2F)n1. The molecule has 1 saturated heterocycles. The second-order valence-corrected chi connectivity index (χ2v) is 7.64. The molecule has 3 aromatic rings. The highest BCUT2D eigenvalue weighted by Gasteiger charge is 2.33. The first-order valence-electron chi connectivity index (χ1n) is 10.4. The van der Waals surface area contributed by atoms with Crippen LogP contribution in [-0.2, 0) is 0 Å². The van der Waals surface area contributed by atoms with Crippen molar-refractivity contribution in [2.75, 3.05) is 31.1 Å². The molecule has 0 N–H and O–H groups in total. The summed E-state index contributed by atoms with van der Waals surface area (Å²) in [6, 6.07) is 9.70. The lowest BCUT2D eigenvalue weighted by atomic mass is 10.1. The van der Waals surface area contributed by atoms with Crippen LogP contribution in [0.15, 0.2) is 48.0 Å². The smallest absolute Gasteiger partial charge is 0.337 e. The van der Waals surface area contributed by atoms with Crippen LogP contribution in [0.5, 0.6) is 0 Å². The van der Waals surface area contributed by atoms with Crippen LogP contribution in [0.25, 0.3) is 5.82 Å². The molecule has 0 spiro atoms. The number of urea groups is 1. The van der Waals surface area contributed by atoms with Gasteiger partial charge in [-0.05, 0) is 12.5 Å². The van der Waals surface area contributed by atoms with Crippen molar-refractivity contribution in [1.29, 1.82) is 0 Å². The number of aryl methyl sites for hydroxylation is 1. The predicted molar refractivity (Wildman–Crippen MR) is 115 cm³/mol. The number of hydrogen-bond donors (Lipinski definition) is 0. The molecule has 0 bridgehead atoms. The summed E-state index contributed by atoms with van der Waals surface area (Å²) in [5, 5.41) is 10.0. The van der Waals surface area contributed by atoms with E-state index in [1.165, 1.54) is 11.0 Å². The van der Waals surface area contributed by atoms with Gasteiger partial charge in [0.25, 0.3) is 0 Å². The largest absolute Gasteiger partial charge is 0.341 e. The summed E-state index contributed by atoms with van der Waals surface area (Å²) >= 11 is 0. The van der Waals surface area contributed by atoms with E-state index in [0.29, 0.717) is 44.4 Å². The van der Waals surface area contributed by atoms with Gasteiger partial charge >= 0.3 is 6.03 Å². The highest BCUT2D eigenvalue weighted by molar-refractivity contribution is 5.78. The van der Waals surface area contributed by atoms with Crippen LogP contribution in [0.1, 0.15) is 23.9 Å². The minimum Gasteiger partial charge on any atom is -0.337 e. The molecule has 0 radical (unpaired) electrons. The third kappa shape index (κ3) is 3.77. The lowest BCUT2D eigenvalue weighted by Crippen LogP contribution is -2.52. The maximum absolute atomic E-state index is 14.2. The molecular formula is C21H22FN9O. The van der Waals surface area contributed by atoms with Crippen molar-refractivity contribution in [3.8, 4) is 5.82 Å². The Bertz CT molecular complexity index is 1140. The lowest BCUT2D eigenvalue weighted by Gasteiger charge is -2.37. The average Bonchev–Trinajstić information content (AvgIpc) is 3.49. The first kappa shape index (κ1) is 20.0. The van der Waals surface area contributed by atoms with Gasteiger partial charge < -0.3 is 9.80 Å². The van der Waals surface area contributed by atoms with E-state index in [-0.39, 0.29) is 17.9 Å². The van der Waals surface area contributed by atoms with Gasteiger partial charge in [-0.25, -0.2) is 24.2 Å². The average molecular weight is 435 g/mol. The van der Waals surface area contributed by atoms with Crippen LogP contribution in [-0.4, -0.2) is 73.1 Å². The van der Waals surface area contributed by atoms with Gasteiger partial charge in [0.2, 0.25) is 5.95 Å². The maximum atomic E-state index is 14.2. The Balaban J connectivity index is 1.26. The van der Waals surface area contributed by atoms with Gasteiger partial charge in [0.05, 0.1) is 12.2 Å². The highest BCUT2D eigenvalue weighted by Crippen LogP contribution is 2.29. The van der Waals surface area contributed by atoms with E-state index >= 15 is 0 Å².